The Labute approximate surface area is 208 Å². The fourth-order valence-electron chi connectivity index (χ4n) is 3.68. The van der Waals surface area contributed by atoms with Crippen molar-refractivity contribution in [1.29, 1.82) is 0 Å². The van der Waals surface area contributed by atoms with Crippen molar-refractivity contribution in [3.05, 3.63) is 35.5 Å². The lowest BCUT2D eigenvalue weighted by molar-refractivity contribution is 0.0730. The number of hydrogen-bond acceptors (Lipinski definition) is 9. The number of nitrogens with one attached hydrogen (secondary N) is 3. The zero-order valence-electron chi connectivity index (χ0n) is 19.2. The standard InChI is InChI=1S/C21H26ClN5O6S2/c1-32-18-11-14(35(30,31)27-6-8-33-9-7-27)3-4-16(18)25-19-12-17(23-5-10-34(2,28)29)20-15(22)13-24-21(20)26-19/h3-4,11-13H,5-10H2,1-2H3,(H3,23,24,25,26). The molecule has 0 spiro atoms. The Kier molecular flexibility index (Phi) is 7.43. The minimum Gasteiger partial charge on any atom is -0.495 e. The second-order valence-corrected chi connectivity index (χ2v) is 12.6. The molecular weight excluding hydrogens is 518 g/mol. The number of morpholine rings is 1. The van der Waals surface area contributed by atoms with Crippen LogP contribution in [-0.4, -0.2) is 83.1 Å². The normalized spacial score (nSPS) is 15.3. The van der Waals surface area contributed by atoms with Crippen LogP contribution in [0.15, 0.2) is 35.4 Å². The molecule has 1 aliphatic rings. The van der Waals surface area contributed by atoms with Crippen molar-refractivity contribution in [3.8, 4) is 5.75 Å². The molecule has 0 radical (unpaired) electrons. The first-order valence-electron chi connectivity index (χ1n) is 10.7. The molecule has 0 bridgehead atoms. The molecule has 0 saturated carbocycles. The summed E-state index contributed by atoms with van der Waals surface area (Å²) < 4.78 is 61.1. The third-order valence-corrected chi connectivity index (χ3v) is 8.56. The van der Waals surface area contributed by atoms with E-state index in [1.807, 2.05) is 0 Å². The van der Waals surface area contributed by atoms with Crippen LogP contribution in [0.3, 0.4) is 0 Å². The number of hydrogen-bond donors (Lipinski definition) is 3. The number of H-pyrrole nitrogens is 1. The molecule has 0 aliphatic carbocycles. The van der Waals surface area contributed by atoms with Gasteiger partial charge < -0.3 is 25.1 Å². The zero-order chi connectivity index (χ0) is 25.2. The lowest BCUT2D eigenvalue weighted by atomic mass is 10.2. The van der Waals surface area contributed by atoms with Crippen LogP contribution in [0.1, 0.15) is 0 Å². The number of ether oxygens (including phenoxy) is 2. The van der Waals surface area contributed by atoms with Gasteiger partial charge in [-0.3, -0.25) is 0 Å². The molecule has 1 aliphatic heterocycles. The van der Waals surface area contributed by atoms with Crippen LogP contribution >= 0.6 is 11.6 Å². The van der Waals surface area contributed by atoms with Crippen molar-refractivity contribution in [1.82, 2.24) is 14.3 Å². The van der Waals surface area contributed by atoms with Gasteiger partial charge >= 0.3 is 0 Å². The number of rotatable bonds is 9. The largest absolute Gasteiger partial charge is 0.495 e. The number of aromatic nitrogens is 2. The smallest absolute Gasteiger partial charge is 0.243 e. The molecule has 3 N–H and O–H groups in total. The molecule has 1 aromatic carbocycles. The third kappa shape index (κ3) is 5.81. The highest BCUT2D eigenvalue weighted by molar-refractivity contribution is 7.90. The number of anilines is 3. The highest BCUT2D eigenvalue weighted by Gasteiger charge is 2.27. The van der Waals surface area contributed by atoms with E-state index in [0.29, 0.717) is 65.3 Å². The summed E-state index contributed by atoms with van der Waals surface area (Å²) in [6.45, 7) is 1.49. The molecule has 3 aromatic rings. The van der Waals surface area contributed by atoms with Crippen LogP contribution in [0.4, 0.5) is 17.2 Å². The lowest BCUT2D eigenvalue weighted by Crippen LogP contribution is -2.40. The van der Waals surface area contributed by atoms with E-state index in [-0.39, 0.29) is 17.2 Å². The van der Waals surface area contributed by atoms with Gasteiger partial charge in [0.05, 0.1) is 52.8 Å². The monoisotopic (exact) mass is 543 g/mol. The van der Waals surface area contributed by atoms with Crippen molar-refractivity contribution < 1.29 is 26.3 Å². The number of fused-ring (bicyclic) bond motifs is 1. The number of sulfone groups is 1. The molecule has 4 rings (SSSR count). The Hall–Kier alpha value is -2.58. The average molecular weight is 544 g/mol. The molecule has 35 heavy (non-hydrogen) atoms. The number of benzene rings is 1. The number of nitrogens with zero attached hydrogens (tertiary/aromatic N) is 2. The van der Waals surface area contributed by atoms with Gasteiger partial charge in [0.1, 0.15) is 27.1 Å². The van der Waals surface area contributed by atoms with E-state index in [4.69, 9.17) is 21.1 Å². The van der Waals surface area contributed by atoms with Gasteiger partial charge in [0.25, 0.3) is 0 Å². The van der Waals surface area contributed by atoms with Crippen LogP contribution in [0, 0.1) is 0 Å². The Morgan fingerprint density at radius 2 is 1.91 bits per heavy atom. The molecule has 1 fully saturated rings. The predicted octanol–water partition coefficient (Wildman–Crippen LogP) is 2.45. The number of halogens is 1. The van der Waals surface area contributed by atoms with Gasteiger partial charge in [-0.1, -0.05) is 11.6 Å². The Bertz CT molecular complexity index is 1440. The molecule has 2 aromatic heterocycles. The summed E-state index contributed by atoms with van der Waals surface area (Å²) >= 11 is 6.29. The SMILES string of the molecule is COc1cc(S(=O)(=O)N2CCOCC2)ccc1Nc1cc(NCCS(C)(=O)=O)c2c(Cl)c[nH]c2n1. The molecule has 0 amide bonds. The molecular formula is C21H26ClN5O6S2. The summed E-state index contributed by atoms with van der Waals surface area (Å²) in [5.41, 5.74) is 1.59. The van der Waals surface area contributed by atoms with Gasteiger partial charge in [-0.05, 0) is 12.1 Å². The lowest BCUT2D eigenvalue weighted by Gasteiger charge is -2.26. The van der Waals surface area contributed by atoms with E-state index in [1.165, 1.54) is 29.8 Å². The molecule has 190 valence electrons. The summed E-state index contributed by atoms with van der Waals surface area (Å²) in [7, 11) is -5.39. The summed E-state index contributed by atoms with van der Waals surface area (Å²) in [5.74, 6) is 0.687. The Balaban J connectivity index is 1.63. The van der Waals surface area contributed by atoms with Gasteiger partial charge in [0.15, 0.2) is 0 Å². The topological polar surface area (TPSA) is 143 Å². The summed E-state index contributed by atoms with van der Waals surface area (Å²) in [6, 6.07) is 6.27. The number of methoxy groups -OCH3 is 1. The molecule has 0 unspecified atom stereocenters. The van der Waals surface area contributed by atoms with Crippen LogP contribution < -0.4 is 15.4 Å². The van der Waals surface area contributed by atoms with Crippen LogP contribution in [0.25, 0.3) is 11.0 Å². The van der Waals surface area contributed by atoms with Crippen molar-refractivity contribution in [3.63, 3.8) is 0 Å². The average Bonchev–Trinajstić information content (AvgIpc) is 3.19. The highest BCUT2D eigenvalue weighted by atomic mass is 35.5. The van der Waals surface area contributed by atoms with E-state index < -0.39 is 19.9 Å². The summed E-state index contributed by atoms with van der Waals surface area (Å²) in [6.07, 6.45) is 2.76. The van der Waals surface area contributed by atoms with Gasteiger partial charge in [-0.15, -0.1) is 0 Å². The van der Waals surface area contributed by atoms with Crippen LogP contribution in [0.2, 0.25) is 5.02 Å². The van der Waals surface area contributed by atoms with E-state index >= 15 is 0 Å². The predicted molar refractivity (Wildman–Crippen MR) is 135 cm³/mol. The van der Waals surface area contributed by atoms with Crippen molar-refractivity contribution in [2.45, 2.75) is 4.90 Å². The first-order valence-corrected chi connectivity index (χ1v) is 14.6. The maximum absolute atomic E-state index is 13.0. The van der Waals surface area contributed by atoms with E-state index in [2.05, 4.69) is 20.6 Å². The molecule has 11 nitrogen and oxygen atoms in total. The van der Waals surface area contributed by atoms with E-state index in [9.17, 15) is 16.8 Å². The fraction of sp³-hybridized carbons (Fsp3) is 0.381. The molecule has 1 saturated heterocycles. The Morgan fingerprint density at radius 3 is 2.60 bits per heavy atom. The highest BCUT2D eigenvalue weighted by Crippen LogP contribution is 2.35. The quantitative estimate of drug-likeness (QED) is 0.371. The second-order valence-electron chi connectivity index (χ2n) is 7.98. The van der Waals surface area contributed by atoms with Gasteiger partial charge in [0.2, 0.25) is 10.0 Å². The first-order chi connectivity index (χ1) is 16.6. The summed E-state index contributed by atoms with van der Waals surface area (Å²) in [5, 5.41) is 7.32. The number of aromatic amines is 1. The van der Waals surface area contributed by atoms with Gasteiger partial charge in [0, 0.05) is 44.2 Å². The molecule has 3 heterocycles. The number of sulfonamides is 1. The van der Waals surface area contributed by atoms with Gasteiger partial charge in [-0.25, -0.2) is 21.8 Å². The Morgan fingerprint density at radius 1 is 1.17 bits per heavy atom. The van der Waals surface area contributed by atoms with Crippen molar-refractivity contribution in [2.24, 2.45) is 0 Å². The van der Waals surface area contributed by atoms with Crippen LogP contribution in [0.5, 0.6) is 5.75 Å². The minimum atomic E-state index is -3.69. The molecule has 14 heteroatoms. The van der Waals surface area contributed by atoms with Crippen LogP contribution in [-0.2, 0) is 24.6 Å². The number of pyridine rings is 1. The zero-order valence-corrected chi connectivity index (χ0v) is 21.6. The van der Waals surface area contributed by atoms with Gasteiger partial charge in [-0.2, -0.15) is 4.31 Å². The van der Waals surface area contributed by atoms with E-state index in [1.54, 1.807) is 18.3 Å². The van der Waals surface area contributed by atoms with Crippen molar-refractivity contribution in [2.75, 3.05) is 62.6 Å². The first kappa shape index (κ1) is 25.5. The molecule has 0 atom stereocenters. The minimum absolute atomic E-state index is 0.0471. The van der Waals surface area contributed by atoms with E-state index in [0.717, 1.165) is 0 Å². The fourth-order valence-corrected chi connectivity index (χ4v) is 5.82. The second kappa shape index (κ2) is 10.2. The maximum Gasteiger partial charge on any atom is 0.243 e. The third-order valence-electron chi connectivity index (χ3n) is 5.43. The summed E-state index contributed by atoms with van der Waals surface area (Å²) in [4.78, 5) is 7.63. The van der Waals surface area contributed by atoms with Crippen molar-refractivity contribution >= 4 is 59.7 Å². The maximum atomic E-state index is 13.0.